The molecule has 0 aromatic heterocycles. The summed E-state index contributed by atoms with van der Waals surface area (Å²) < 4.78 is 11.3. The standard InChI is InChI=1S/C29H33N3O5/c1-21(9-5-8-14-27(34)32-26-13-7-6-12-25(26)30)28(22-15-17-24(18-16-22)36-20-19-33)37-29(35)31-23-10-3-2-4-11-23/h2-4,6-8,10-18,21,28,33H,5,9,19-20,30H2,1H3,(H,31,35)(H,32,34)/b14-8+/t21-,28-/m1/s1. The summed E-state index contributed by atoms with van der Waals surface area (Å²) in [6.07, 6.45) is 3.46. The molecule has 37 heavy (non-hydrogen) atoms. The number of carbonyl (C=O) groups excluding carboxylic acids is 2. The van der Waals surface area contributed by atoms with E-state index in [1.165, 1.54) is 6.08 Å². The fourth-order valence-corrected chi connectivity index (χ4v) is 3.70. The van der Waals surface area contributed by atoms with E-state index in [9.17, 15) is 9.59 Å². The Kier molecular flexibility index (Phi) is 10.6. The molecule has 0 radical (unpaired) electrons. The maximum atomic E-state index is 12.7. The summed E-state index contributed by atoms with van der Waals surface area (Å²) >= 11 is 0. The number of anilines is 3. The number of carbonyl (C=O) groups is 2. The Bertz CT molecular complexity index is 1170. The molecule has 0 aliphatic carbocycles. The average molecular weight is 504 g/mol. The fourth-order valence-electron chi connectivity index (χ4n) is 3.70. The summed E-state index contributed by atoms with van der Waals surface area (Å²) in [5.74, 6) is 0.299. The van der Waals surface area contributed by atoms with Crippen LogP contribution in [0, 0.1) is 5.92 Å². The van der Waals surface area contributed by atoms with Crippen LogP contribution in [0.15, 0.2) is 91.0 Å². The van der Waals surface area contributed by atoms with Crippen molar-refractivity contribution in [3.8, 4) is 5.75 Å². The second-order valence-corrected chi connectivity index (χ2v) is 8.49. The van der Waals surface area contributed by atoms with E-state index in [-0.39, 0.29) is 25.0 Å². The van der Waals surface area contributed by atoms with Crippen molar-refractivity contribution < 1.29 is 24.2 Å². The van der Waals surface area contributed by atoms with E-state index >= 15 is 0 Å². The molecule has 0 fully saturated rings. The Morgan fingerprint density at radius 2 is 1.68 bits per heavy atom. The molecule has 0 aliphatic heterocycles. The van der Waals surface area contributed by atoms with Gasteiger partial charge >= 0.3 is 6.09 Å². The molecule has 3 aromatic carbocycles. The summed E-state index contributed by atoms with van der Waals surface area (Å²) in [5.41, 5.74) is 8.39. The molecule has 0 unspecified atom stereocenters. The van der Waals surface area contributed by atoms with Crippen molar-refractivity contribution in [3.05, 3.63) is 96.6 Å². The van der Waals surface area contributed by atoms with Crippen LogP contribution in [0.5, 0.6) is 5.75 Å². The third-order valence-electron chi connectivity index (χ3n) is 5.62. The van der Waals surface area contributed by atoms with Crippen LogP contribution >= 0.6 is 0 Å². The first kappa shape index (κ1) is 27.3. The van der Waals surface area contributed by atoms with Crippen LogP contribution in [0.2, 0.25) is 0 Å². The van der Waals surface area contributed by atoms with Gasteiger partial charge in [0.05, 0.1) is 18.0 Å². The van der Waals surface area contributed by atoms with E-state index in [1.54, 1.807) is 54.6 Å². The number of hydrogen-bond donors (Lipinski definition) is 4. The van der Waals surface area contributed by atoms with Crippen molar-refractivity contribution in [1.82, 2.24) is 0 Å². The first-order valence-electron chi connectivity index (χ1n) is 12.1. The van der Waals surface area contributed by atoms with Crippen LogP contribution in [0.4, 0.5) is 21.9 Å². The van der Waals surface area contributed by atoms with Gasteiger partial charge in [0.25, 0.3) is 0 Å². The van der Waals surface area contributed by atoms with Gasteiger partial charge in [0.15, 0.2) is 0 Å². The molecule has 8 heteroatoms. The summed E-state index contributed by atoms with van der Waals surface area (Å²) in [6, 6.07) is 23.4. The van der Waals surface area contributed by atoms with Crippen LogP contribution in [0.25, 0.3) is 0 Å². The van der Waals surface area contributed by atoms with Crippen molar-refractivity contribution in [3.63, 3.8) is 0 Å². The number of nitrogens with two attached hydrogens (primary N) is 1. The number of nitrogens with one attached hydrogen (secondary N) is 2. The molecule has 3 aromatic rings. The molecular weight excluding hydrogens is 470 g/mol. The first-order chi connectivity index (χ1) is 18.0. The number of hydrogen-bond acceptors (Lipinski definition) is 6. The minimum atomic E-state index is -0.556. The highest BCUT2D eigenvalue weighted by Gasteiger charge is 2.23. The van der Waals surface area contributed by atoms with Crippen LogP contribution in [0.1, 0.15) is 31.4 Å². The number of ether oxygens (including phenoxy) is 2. The summed E-state index contributed by atoms with van der Waals surface area (Å²) in [5, 5.41) is 14.5. The molecule has 0 saturated carbocycles. The normalized spacial score (nSPS) is 12.5. The van der Waals surface area contributed by atoms with E-state index in [2.05, 4.69) is 10.6 Å². The second kappa shape index (κ2) is 14.3. The minimum absolute atomic E-state index is 0.0526. The van der Waals surface area contributed by atoms with Gasteiger partial charge in [-0.3, -0.25) is 10.1 Å². The SMILES string of the molecule is C[C@H](CC/C=C/C(=O)Nc1ccccc1N)[C@@H](OC(=O)Nc1ccccc1)c1ccc(OCCO)cc1. The quantitative estimate of drug-likeness (QED) is 0.190. The van der Waals surface area contributed by atoms with Crippen LogP contribution in [-0.4, -0.2) is 30.3 Å². The largest absolute Gasteiger partial charge is 0.491 e. The lowest BCUT2D eigenvalue weighted by Gasteiger charge is -2.25. The average Bonchev–Trinajstić information content (AvgIpc) is 2.90. The summed E-state index contributed by atoms with van der Waals surface area (Å²) in [4.78, 5) is 24.9. The minimum Gasteiger partial charge on any atom is -0.491 e. The fraction of sp³-hybridized carbons (Fsp3) is 0.241. The number of aliphatic hydroxyl groups is 1. The van der Waals surface area contributed by atoms with E-state index < -0.39 is 12.2 Å². The number of nitrogen functional groups attached to an aromatic ring is 1. The van der Waals surface area contributed by atoms with Crippen molar-refractivity contribution >= 4 is 29.1 Å². The molecule has 0 bridgehead atoms. The molecular formula is C29H33N3O5. The highest BCUT2D eigenvalue weighted by molar-refractivity contribution is 6.01. The maximum Gasteiger partial charge on any atom is 0.412 e. The van der Waals surface area contributed by atoms with Crippen LogP contribution in [0.3, 0.4) is 0 Å². The molecule has 0 spiro atoms. The molecule has 2 atom stereocenters. The lowest BCUT2D eigenvalue weighted by atomic mass is 9.93. The lowest BCUT2D eigenvalue weighted by molar-refractivity contribution is -0.111. The zero-order valence-electron chi connectivity index (χ0n) is 20.8. The van der Waals surface area contributed by atoms with Crippen LogP contribution < -0.4 is 21.1 Å². The third-order valence-corrected chi connectivity index (χ3v) is 5.62. The van der Waals surface area contributed by atoms with Gasteiger partial charge in [-0.1, -0.05) is 55.5 Å². The Morgan fingerprint density at radius 3 is 2.38 bits per heavy atom. The Morgan fingerprint density at radius 1 is 0.973 bits per heavy atom. The molecule has 0 heterocycles. The Hall–Kier alpha value is -4.30. The number of aliphatic hydroxyl groups excluding tert-OH is 1. The number of benzene rings is 3. The smallest absolute Gasteiger partial charge is 0.412 e. The summed E-state index contributed by atoms with van der Waals surface area (Å²) in [7, 11) is 0. The van der Waals surface area contributed by atoms with Gasteiger partial charge in [-0.25, -0.2) is 4.79 Å². The summed E-state index contributed by atoms with van der Waals surface area (Å²) in [6.45, 7) is 2.12. The first-order valence-corrected chi connectivity index (χ1v) is 12.1. The van der Waals surface area contributed by atoms with Crippen molar-refractivity contribution in [1.29, 1.82) is 0 Å². The van der Waals surface area contributed by atoms with Gasteiger partial charge < -0.3 is 25.6 Å². The molecule has 194 valence electrons. The number of allylic oxidation sites excluding steroid dienone is 1. The highest BCUT2D eigenvalue weighted by atomic mass is 16.6. The zero-order chi connectivity index (χ0) is 26.5. The molecule has 8 nitrogen and oxygen atoms in total. The van der Waals surface area contributed by atoms with E-state index in [0.717, 1.165) is 5.56 Å². The molecule has 3 rings (SSSR count). The highest BCUT2D eigenvalue weighted by Crippen LogP contribution is 2.31. The van der Waals surface area contributed by atoms with Crippen molar-refractivity contribution in [2.75, 3.05) is 29.6 Å². The maximum absolute atomic E-state index is 12.7. The van der Waals surface area contributed by atoms with Gasteiger partial charge in [0, 0.05) is 5.69 Å². The van der Waals surface area contributed by atoms with Gasteiger partial charge in [0.1, 0.15) is 18.5 Å². The predicted octanol–water partition coefficient (Wildman–Crippen LogP) is 5.54. The van der Waals surface area contributed by atoms with Gasteiger partial charge in [-0.15, -0.1) is 0 Å². The zero-order valence-corrected chi connectivity index (χ0v) is 20.8. The van der Waals surface area contributed by atoms with E-state index in [1.807, 2.05) is 37.3 Å². The van der Waals surface area contributed by atoms with Gasteiger partial charge in [-0.2, -0.15) is 0 Å². The van der Waals surface area contributed by atoms with Gasteiger partial charge in [0.2, 0.25) is 5.91 Å². The topological polar surface area (TPSA) is 123 Å². The second-order valence-electron chi connectivity index (χ2n) is 8.49. The van der Waals surface area contributed by atoms with E-state index in [0.29, 0.717) is 35.7 Å². The number of rotatable bonds is 12. The predicted molar refractivity (Wildman–Crippen MR) is 145 cm³/mol. The van der Waals surface area contributed by atoms with Crippen molar-refractivity contribution in [2.24, 2.45) is 5.92 Å². The molecule has 0 saturated heterocycles. The Labute approximate surface area is 217 Å². The monoisotopic (exact) mass is 503 g/mol. The van der Waals surface area contributed by atoms with Crippen molar-refractivity contribution in [2.45, 2.75) is 25.9 Å². The molecule has 2 amide bonds. The Balaban J connectivity index is 1.62. The van der Waals surface area contributed by atoms with Crippen LogP contribution in [-0.2, 0) is 9.53 Å². The molecule has 5 N–H and O–H groups in total. The van der Waals surface area contributed by atoms with E-state index in [4.69, 9.17) is 20.3 Å². The lowest BCUT2D eigenvalue weighted by Crippen LogP contribution is -2.22. The number of amides is 2. The van der Waals surface area contributed by atoms with Gasteiger partial charge in [-0.05, 0) is 66.8 Å². The third kappa shape index (κ3) is 9.01. The number of para-hydroxylation sites is 3. The molecule has 0 aliphatic rings.